The van der Waals surface area contributed by atoms with Crippen LogP contribution in [0.25, 0.3) is 58.8 Å². The van der Waals surface area contributed by atoms with Crippen LogP contribution < -0.4 is 26.2 Å². The smallest absolute Gasteiger partial charge is 0.252 e. The summed E-state index contributed by atoms with van der Waals surface area (Å²) >= 11 is 1.91. The standard InChI is InChI=1S/C70H66BN3S/c1-41-32-45(50-26-21-27-53-52-25-18-20-29-63(52)75-67(50)53)33-42(2)65(41)73-59-36-46(68(5,6)7)30-31-55(59)71-56-39-54-51-24-17-19-28-57(51)72(49-22-15-14-16-23-49)58(54)40-60(56)74(62-38-48(70(11,12)13)37-61(73)64(62)71)66-43(3)34-47(35-44(66)4)69(8,9)10/h14-40H,1-13H3. The molecule has 0 N–H and O–H groups in total. The molecule has 11 aromatic rings. The van der Waals surface area contributed by atoms with Crippen molar-refractivity contribution in [3.8, 4) is 16.8 Å². The number of benzene rings is 9. The van der Waals surface area contributed by atoms with Gasteiger partial charge in [-0.15, -0.1) is 11.3 Å². The van der Waals surface area contributed by atoms with Gasteiger partial charge in [0.05, 0.1) is 22.4 Å². The lowest BCUT2D eigenvalue weighted by molar-refractivity contribution is 0.589. The van der Waals surface area contributed by atoms with E-state index in [0.29, 0.717) is 0 Å². The lowest BCUT2D eigenvalue weighted by Crippen LogP contribution is -2.61. The molecule has 0 radical (unpaired) electrons. The van der Waals surface area contributed by atoms with E-state index >= 15 is 0 Å². The molecule has 0 atom stereocenters. The Kier molecular flexibility index (Phi) is 10.5. The van der Waals surface area contributed by atoms with Crippen LogP contribution in [0.4, 0.5) is 34.1 Å². The molecule has 0 amide bonds. The second-order valence-electron chi connectivity index (χ2n) is 24.9. The number of hydrogen-bond acceptors (Lipinski definition) is 3. The quantitative estimate of drug-likeness (QED) is 0.163. The fourth-order valence-electron chi connectivity index (χ4n) is 12.9. The average Bonchev–Trinajstić information content (AvgIpc) is 3.99. The SMILES string of the molecule is Cc1cc(-c2cccc3c2sc2ccccc23)cc(C)c1N1c2cc(C(C)(C)C)ccc2B2c3cc4c5ccccc5n(-c5ccccc5)c4cc3N(c3c(C)cc(C(C)(C)C)cc3C)c3cc(C(C)(C)C)cc1c32. The van der Waals surface area contributed by atoms with Crippen LogP contribution in [0.1, 0.15) is 101 Å². The van der Waals surface area contributed by atoms with Gasteiger partial charge in [0, 0.05) is 59.4 Å². The number of hydrogen-bond donors (Lipinski definition) is 0. The van der Waals surface area contributed by atoms with E-state index in [1.807, 2.05) is 11.3 Å². The second kappa shape index (κ2) is 16.6. The van der Waals surface area contributed by atoms with Gasteiger partial charge in [0.1, 0.15) is 0 Å². The maximum Gasteiger partial charge on any atom is 0.252 e. The van der Waals surface area contributed by atoms with Crippen molar-refractivity contribution in [2.24, 2.45) is 0 Å². The third kappa shape index (κ3) is 7.28. The molecule has 0 unspecified atom stereocenters. The highest BCUT2D eigenvalue weighted by molar-refractivity contribution is 7.26. The Morgan fingerprint density at radius 2 is 0.933 bits per heavy atom. The van der Waals surface area contributed by atoms with Gasteiger partial charge in [0.15, 0.2) is 0 Å². The summed E-state index contributed by atoms with van der Waals surface area (Å²) in [6.07, 6.45) is 0. The number of anilines is 6. The molecule has 9 aromatic carbocycles. The van der Waals surface area contributed by atoms with Crippen LogP contribution >= 0.6 is 11.3 Å². The molecule has 0 bridgehead atoms. The average molecular weight is 992 g/mol. The zero-order chi connectivity index (χ0) is 52.2. The molecule has 0 saturated heterocycles. The van der Waals surface area contributed by atoms with E-state index < -0.39 is 0 Å². The number of thiophene rings is 1. The van der Waals surface area contributed by atoms with E-state index in [1.165, 1.54) is 143 Å². The fourth-order valence-corrected chi connectivity index (χ4v) is 14.1. The van der Waals surface area contributed by atoms with E-state index in [-0.39, 0.29) is 23.0 Å². The third-order valence-corrected chi connectivity index (χ3v) is 17.8. The molecule has 13 rings (SSSR count). The number of nitrogens with zero attached hydrogens (tertiary/aromatic N) is 3. The van der Waals surface area contributed by atoms with Crippen LogP contribution in [0, 0.1) is 27.7 Å². The Morgan fingerprint density at radius 3 is 1.57 bits per heavy atom. The molecule has 0 saturated carbocycles. The first-order valence-electron chi connectivity index (χ1n) is 27.0. The third-order valence-electron chi connectivity index (χ3n) is 16.6. The molecule has 4 heterocycles. The Bertz CT molecular complexity index is 4140. The predicted molar refractivity (Wildman–Crippen MR) is 328 cm³/mol. The fraction of sp³-hybridized carbons (Fsp3) is 0.229. The summed E-state index contributed by atoms with van der Waals surface area (Å²) in [5, 5.41) is 5.19. The summed E-state index contributed by atoms with van der Waals surface area (Å²) in [4.78, 5) is 5.37. The molecule has 2 aliphatic rings. The van der Waals surface area contributed by atoms with Crippen molar-refractivity contribution in [1.29, 1.82) is 0 Å². The van der Waals surface area contributed by atoms with Gasteiger partial charge in [0.2, 0.25) is 0 Å². The van der Waals surface area contributed by atoms with E-state index in [9.17, 15) is 0 Å². The summed E-state index contributed by atoms with van der Waals surface area (Å²) in [6, 6.07) is 63.2. The minimum atomic E-state index is -0.160. The van der Waals surface area contributed by atoms with Gasteiger partial charge in [0.25, 0.3) is 6.71 Å². The number of para-hydroxylation sites is 2. The van der Waals surface area contributed by atoms with Crippen LogP contribution in [-0.2, 0) is 16.2 Å². The van der Waals surface area contributed by atoms with Gasteiger partial charge >= 0.3 is 0 Å². The second-order valence-corrected chi connectivity index (χ2v) is 25.9. The van der Waals surface area contributed by atoms with Crippen LogP contribution in [0.3, 0.4) is 0 Å². The molecule has 0 spiro atoms. The number of aromatic nitrogens is 1. The molecule has 2 aromatic heterocycles. The number of aryl methyl sites for hydroxylation is 4. The van der Waals surface area contributed by atoms with Gasteiger partial charge in [-0.3, -0.25) is 0 Å². The summed E-state index contributed by atoms with van der Waals surface area (Å²) in [5.74, 6) is 0. The molecule has 2 aliphatic heterocycles. The Hall–Kier alpha value is -7.34. The van der Waals surface area contributed by atoms with Crippen LogP contribution in [-0.4, -0.2) is 11.3 Å². The first kappa shape index (κ1) is 47.4. The maximum atomic E-state index is 2.69. The van der Waals surface area contributed by atoms with Gasteiger partial charge < -0.3 is 14.4 Å². The number of rotatable bonds is 4. The largest absolute Gasteiger partial charge is 0.311 e. The van der Waals surface area contributed by atoms with Crippen LogP contribution in [0.5, 0.6) is 0 Å². The number of fused-ring (bicyclic) bond motifs is 10. The molecule has 5 heteroatoms. The highest BCUT2D eigenvalue weighted by atomic mass is 32.1. The lowest BCUT2D eigenvalue weighted by Gasteiger charge is -2.46. The van der Waals surface area contributed by atoms with E-state index in [4.69, 9.17) is 0 Å². The Balaban J connectivity index is 1.15. The first-order chi connectivity index (χ1) is 35.8. The van der Waals surface area contributed by atoms with Crippen molar-refractivity contribution < 1.29 is 0 Å². The Morgan fingerprint density at radius 1 is 0.400 bits per heavy atom. The van der Waals surface area contributed by atoms with Gasteiger partial charge in [-0.05, 0) is 171 Å². The zero-order valence-corrected chi connectivity index (χ0v) is 46.7. The van der Waals surface area contributed by atoms with E-state index in [0.717, 1.165) is 5.69 Å². The monoisotopic (exact) mass is 992 g/mol. The van der Waals surface area contributed by atoms with Crippen molar-refractivity contribution in [2.45, 2.75) is 106 Å². The van der Waals surface area contributed by atoms with Crippen molar-refractivity contribution in [2.75, 3.05) is 9.80 Å². The summed E-state index contributed by atoms with van der Waals surface area (Å²) in [6.45, 7) is 30.6. The molecule has 0 aliphatic carbocycles. The first-order valence-corrected chi connectivity index (χ1v) is 27.8. The molecule has 370 valence electrons. The van der Waals surface area contributed by atoms with Gasteiger partial charge in [-0.2, -0.15) is 0 Å². The maximum absolute atomic E-state index is 2.69. The molecule has 3 nitrogen and oxygen atoms in total. The van der Waals surface area contributed by atoms with Crippen molar-refractivity contribution in [3.05, 3.63) is 203 Å². The molecular weight excluding hydrogens is 926 g/mol. The zero-order valence-electron chi connectivity index (χ0n) is 45.9. The molecule has 75 heavy (non-hydrogen) atoms. The minimum Gasteiger partial charge on any atom is -0.311 e. The topological polar surface area (TPSA) is 11.4 Å². The van der Waals surface area contributed by atoms with Crippen LogP contribution in [0.2, 0.25) is 0 Å². The molecular formula is C70H66BN3S. The van der Waals surface area contributed by atoms with Gasteiger partial charge in [-0.25, -0.2) is 0 Å². The van der Waals surface area contributed by atoms with E-state index in [1.54, 1.807) is 0 Å². The van der Waals surface area contributed by atoms with Gasteiger partial charge in [-0.1, -0.05) is 165 Å². The lowest BCUT2D eigenvalue weighted by atomic mass is 9.33. The van der Waals surface area contributed by atoms with Crippen LogP contribution in [0.15, 0.2) is 164 Å². The highest BCUT2D eigenvalue weighted by Gasteiger charge is 2.46. The van der Waals surface area contributed by atoms with Crippen molar-refractivity contribution >= 4 is 111 Å². The van der Waals surface area contributed by atoms with Crippen molar-refractivity contribution in [3.63, 3.8) is 0 Å². The summed E-state index contributed by atoms with van der Waals surface area (Å²) in [7, 11) is 0. The predicted octanol–water partition coefficient (Wildman–Crippen LogP) is 18.0. The highest BCUT2D eigenvalue weighted by Crippen LogP contribution is 2.51. The Labute approximate surface area is 448 Å². The molecule has 0 fully saturated rings. The summed E-state index contributed by atoms with van der Waals surface area (Å²) < 4.78 is 5.16. The summed E-state index contributed by atoms with van der Waals surface area (Å²) in [5.41, 5.74) is 26.5. The van der Waals surface area contributed by atoms with Crippen molar-refractivity contribution in [1.82, 2.24) is 4.57 Å². The normalized spacial score (nSPS) is 13.6. The minimum absolute atomic E-state index is 0.00116. The van der Waals surface area contributed by atoms with E-state index in [2.05, 4.69) is 268 Å².